The van der Waals surface area contributed by atoms with Gasteiger partial charge in [0.2, 0.25) is 0 Å². The number of hydrogen-bond donors (Lipinski definition) is 4. The molecular weight excluding hydrogens is 413 g/mol. The van der Waals surface area contributed by atoms with Crippen molar-refractivity contribution in [1.29, 1.82) is 0 Å². The number of nitrogens with zero attached hydrogens (tertiary/aromatic N) is 3. The van der Waals surface area contributed by atoms with E-state index in [1.54, 1.807) is 24.5 Å². The number of carbonyl (C=O) groups excluding carboxylic acids is 1. The first kappa shape index (κ1) is 20.1. The fourth-order valence-electron chi connectivity index (χ4n) is 2.98. The van der Waals surface area contributed by atoms with Crippen molar-refractivity contribution in [3.63, 3.8) is 0 Å². The zero-order chi connectivity index (χ0) is 22.0. The van der Waals surface area contributed by atoms with Gasteiger partial charge in [0.25, 0.3) is 5.91 Å². The van der Waals surface area contributed by atoms with Gasteiger partial charge in [-0.1, -0.05) is 0 Å². The Bertz CT molecular complexity index is 1220. The van der Waals surface area contributed by atoms with Crippen molar-refractivity contribution < 1.29 is 23.1 Å². The van der Waals surface area contributed by atoms with Crippen LogP contribution in [0.3, 0.4) is 0 Å². The van der Waals surface area contributed by atoms with Gasteiger partial charge in [-0.15, -0.1) is 0 Å². The molecule has 0 atom stereocenters. The highest BCUT2D eigenvalue weighted by atomic mass is 19.4. The third-order valence-electron chi connectivity index (χ3n) is 4.53. The van der Waals surface area contributed by atoms with Crippen molar-refractivity contribution in [2.75, 3.05) is 0 Å². The van der Waals surface area contributed by atoms with E-state index in [-0.39, 0.29) is 28.6 Å². The molecule has 0 aliphatic carbocycles. The molecule has 0 saturated heterocycles. The number of aromatic amines is 2. The molecule has 3 aromatic heterocycles. The van der Waals surface area contributed by atoms with E-state index in [0.29, 0.717) is 12.1 Å². The SMILES string of the molecule is O=C(NCc1ccncc1)c1cc(-c2n[nH]nc2-c2ccc(O)c(C(F)(F)F)c2)c[nH]1. The van der Waals surface area contributed by atoms with E-state index in [2.05, 4.69) is 30.7 Å². The third-order valence-corrected chi connectivity index (χ3v) is 4.53. The summed E-state index contributed by atoms with van der Waals surface area (Å²) < 4.78 is 39.4. The number of hydrogen-bond acceptors (Lipinski definition) is 5. The molecule has 1 aromatic carbocycles. The Morgan fingerprint density at radius 1 is 1.03 bits per heavy atom. The summed E-state index contributed by atoms with van der Waals surface area (Å²) in [4.78, 5) is 19.1. The van der Waals surface area contributed by atoms with Crippen LogP contribution in [0.5, 0.6) is 5.75 Å². The van der Waals surface area contributed by atoms with Crippen LogP contribution in [0, 0.1) is 0 Å². The van der Waals surface area contributed by atoms with Gasteiger partial charge in [-0.3, -0.25) is 9.78 Å². The van der Waals surface area contributed by atoms with E-state index >= 15 is 0 Å². The predicted molar refractivity (Wildman–Crippen MR) is 104 cm³/mol. The van der Waals surface area contributed by atoms with E-state index in [0.717, 1.165) is 17.7 Å². The summed E-state index contributed by atoms with van der Waals surface area (Å²) in [5.74, 6) is -1.24. The first-order valence-corrected chi connectivity index (χ1v) is 9.00. The standard InChI is InChI=1S/C20H15F3N6O2/c21-20(22,23)14-7-12(1-2-16(14)30)17-18(28-29-27-17)13-8-15(25-10-13)19(31)26-9-11-3-5-24-6-4-11/h1-8,10,25,30H,9H2,(H,26,31)(H,27,28,29). The zero-order valence-electron chi connectivity index (χ0n) is 15.7. The molecule has 4 rings (SSSR count). The van der Waals surface area contributed by atoms with Gasteiger partial charge in [0, 0.05) is 36.3 Å². The number of H-pyrrole nitrogens is 2. The average Bonchev–Trinajstić information content (AvgIpc) is 3.42. The van der Waals surface area contributed by atoms with Crippen LogP contribution in [-0.4, -0.2) is 36.4 Å². The van der Waals surface area contributed by atoms with Crippen LogP contribution in [0.2, 0.25) is 0 Å². The molecule has 0 bridgehead atoms. The van der Waals surface area contributed by atoms with E-state index in [9.17, 15) is 23.1 Å². The Morgan fingerprint density at radius 3 is 2.45 bits per heavy atom. The minimum Gasteiger partial charge on any atom is -0.507 e. The largest absolute Gasteiger partial charge is 0.507 e. The zero-order valence-corrected chi connectivity index (χ0v) is 15.7. The molecule has 3 heterocycles. The minimum atomic E-state index is -4.72. The highest BCUT2D eigenvalue weighted by molar-refractivity contribution is 5.94. The normalized spacial score (nSPS) is 11.5. The summed E-state index contributed by atoms with van der Waals surface area (Å²) in [6.07, 6.45) is 0.0215. The smallest absolute Gasteiger partial charge is 0.419 e. The maximum atomic E-state index is 13.1. The molecule has 0 radical (unpaired) electrons. The second kappa shape index (κ2) is 7.94. The molecule has 8 nitrogen and oxygen atoms in total. The molecule has 1 amide bonds. The van der Waals surface area contributed by atoms with Crippen molar-refractivity contribution in [1.82, 2.24) is 30.7 Å². The quantitative estimate of drug-likeness (QED) is 0.388. The fraction of sp³-hybridized carbons (Fsp3) is 0.100. The van der Waals surface area contributed by atoms with E-state index in [1.807, 2.05) is 0 Å². The number of amides is 1. The van der Waals surface area contributed by atoms with Crippen molar-refractivity contribution in [2.24, 2.45) is 0 Å². The molecule has 11 heteroatoms. The molecule has 0 saturated carbocycles. The van der Waals surface area contributed by atoms with E-state index < -0.39 is 17.5 Å². The topological polar surface area (TPSA) is 120 Å². The molecular formula is C20H15F3N6O2. The number of alkyl halides is 3. The Balaban J connectivity index is 1.57. The number of rotatable bonds is 5. The summed E-state index contributed by atoms with van der Waals surface area (Å²) in [6.45, 7) is 0.304. The Kier molecular flexibility index (Phi) is 5.15. The molecule has 0 unspecified atom stereocenters. The summed E-state index contributed by atoms with van der Waals surface area (Å²) in [7, 11) is 0. The van der Waals surface area contributed by atoms with Gasteiger partial charge in [0.05, 0.1) is 5.56 Å². The average molecular weight is 428 g/mol. The number of phenols is 1. The van der Waals surface area contributed by atoms with Crippen molar-refractivity contribution in [3.8, 4) is 28.3 Å². The van der Waals surface area contributed by atoms with Crippen LogP contribution < -0.4 is 5.32 Å². The summed E-state index contributed by atoms with van der Waals surface area (Å²) in [5.41, 5.74) is 0.917. The van der Waals surface area contributed by atoms with Crippen LogP contribution in [-0.2, 0) is 12.7 Å². The Hall–Kier alpha value is -4.15. The summed E-state index contributed by atoms with van der Waals surface area (Å²) in [6, 6.07) is 8.12. The van der Waals surface area contributed by atoms with Crippen LogP contribution in [0.25, 0.3) is 22.5 Å². The van der Waals surface area contributed by atoms with Crippen molar-refractivity contribution in [3.05, 3.63) is 71.8 Å². The summed E-state index contributed by atoms with van der Waals surface area (Å²) in [5, 5.41) is 22.6. The molecule has 0 aliphatic rings. The maximum absolute atomic E-state index is 13.1. The molecule has 4 aromatic rings. The molecule has 0 aliphatic heterocycles. The van der Waals surface area contributed by atoms with Crippen LogP contribution in [0.4, 0.5) is 13.2 Å². The highest BCUT2D eigenvalue weighted by Crippen LogP contribution is 2.39. The fourth-order valence-corrected chi connectivity index (χ4v) is 2.98. The molecule has 0 spiro atoms. The number of pyridine rings is 1. The number of phenolic OH excluding ortho intramolecular Hbond substituents is 1. The van der Waals surface area contributed by atoms with Crippen LogP contribution >= 0.6 is 0 Å². The molecule has 31 heavy (non-hydrogen) atoms. The number of benzene rings is 1. The van der Waals surface area contributed by atoms with Crippen molar-refractivity contribution >= 4 is 5.91 Å². The lowest BCUT2D eigenvalue weighted by Crippen LogP contribution is -2.22. The number of aromatic nitrogens is 5. The van der Waals surface area contributed by atoms with E-state index in [1.165, 1.54) is 18.3 Å². The molecule has 4 N–H and O–H groups in total. The Labute approximate surface area is 173 Å². The van der Waals surface area contributed by atoms with Crippen LogP contribution in [0.15, 0.2) is 55.0 Å². The first-order valence-electron chi connectivity index (χ1n) is 9.00. The van der Waals surface area contributed by atoms with E-state index in [4.69, 9.17) is 0 Å². The number of aromatic hydroxyl groups is 1. The lowest BCUT2D eigenvalue weighted by atomic mass is 10.0. The van der Waals surface area contributed by atoms with Gasteiger partial charge < -0.3 is 15.4 Å². The lowest BCUT2D eigenvalue weighted by molar-refractivity contribution is -0.138. The number of carbonyl (C=O) groups is 1. The second-order valence-corrected chi connectivity index (χ2v) is 6.59. The van der Waals surface area contributed by atoms with Gasteiger partial charge in [-0.2, -0.15) is 28.6 Å². The van der Waals surface area contributed by atoms with Gasteiger partial charge in [-0.25, -0.2) is 0 Å². The van der Waals surface area contributed by atoms with Gasteiger partial charge >= 0.3 is 6.18 Å². The predicted octanol–water partition coefficient (Wildman–Crippen LogP) is 3.52. The highest BCUT2D eigenvalue weighted by Gasteiger charge is 2.34. The minimum absolute atomic E-state index is 0.110. The van der Waals surface area contributed by atoms with Gasteiger partial charge in [-0.05, 0) is 42.0 Å². The van der Waals surface area contributed by atoms with Gasteiger partial charge in [0.1, 0.15) is 22.8 Å². The monoisotopic (exact) mass is 428 g/mol. The van der Waals surface area contributed by atoms with Gasteiger partial charge in [0.15, 0.2) is 0 Å². The summed E-state index contributed by atoms with van der Waals surface area (Å²) >= 11 is 0. The first-order chi connectivity index (χ1) is 14.8. The molecule has 0 fully saturated rings. The van der Waals surface area contributed by atoms with Crippen molar-refractivity contribution in [2.45, 2.75) is 12.7 Å². The second-order valence-electron chi connectivity index (χ2n) is 6.59. The number of nitrogens with one attached hydrogen (secondary N) is 3. The van der Waals surface area contributed by atoms with Crippen LogP contribution in [0.1, 0.15) is 21.6 Å². The maximum Gasteiger partial charge on any atom is 0.419 e. The lowest BCUT2D eigenvalue weighted by Gasteiger charge is -2.10. The molecule has 158 valence electrons. The third kappa shape index (κ3) is 4.25. The Morgan fingerprint density at radius 2 is 1.74 bits per heavy atom. The number of halogens is 3.